The molecule has 0 heterocycles. The second-order valence-corrected chi connectivity index (χ2v) is 5.93. The van der Waals surface area contributed by atoms with Gasteiger partial charge in [-0.1, -0.05) is 39.7 Å². The van der Waals surface area contributed by atoms with E-state index >= 15 is 0 Å². The van der Waals surface area contributed by atoms with E-state index < -0.39 is 0 Å². The Hall–Kier alpha value is -1.10. The first-order valence-electron chi connectivity index (χ1n) is 5.60. The summed E-state index contributed by atoms with van der Waals surface area (Å²) in [5.41, 5.74) is 9.46. The average molecular weight is 356 g/mol. The van der Waals surface area contributed by atoms with E-state index in [1.54, 1.807) is 0 Å². The summed E-state index contributed by atoms with van der Waals surface area (Å²) in [5.74, 6) is 0. The van der Waals surface area contributed by atoms with Gasteiger partial charge >= 0.3 is 0 Å². The lowest BCUT2D eigenvalue weighted by molar-refractivity contribution is 1.42. The molecule has 0 atom stereocenters. The Kier molecular flexibility index (Phi) is 4.45. The first-order valence-corrected chi connectivity index (χ1v) is 7.18. The molecule has 0 saturated carbocycles. The monoisotopic (exact) mass is 354 g/mol. The van der Waals surface area contributed by atoms with Gasteiger partial charge in [0.15, 0.2) is 0 Å². The van der Waals surface area contributed by atoms with Gasteiger partial charge in [0.1, 0.15) is 4.99 Å². The normalized spacial score (nSPS) is 10.3. The van der Waals surface area contributed by atoms with Crippen LogP contribution < -0.4 is 11.1 Å². The number of nitrogens with one attached hydrogen (secondary N) is 1. The third kappa shape index (κ3) is 3.47. The van der Waals surface area contributed by atoms with E-state index in [4.69, 9.17) is 29.6 Å². The van der Waals surface area contributed by atoms with Gasteiger partial charge in [-0.2, -0.15) is 0 Å². The molecule has 2 nitrogen and oxygen atoms in total. The second kappa shape index (κ2) is 5.90. The molecule has 2 aromatic carbocycles. The van der Waals surface area contributed by atoms with Crippen molar-refractivity contribution in [1.82, 2.24) is 0 Å². The zero-order valence-electron chi connectivity index (χ0n) is 10.2. The van der Waals surface area contributed by atoms with E-state index in [0.29, 0.717) is 10.0 Å². The van der Waals surface area contributed by atoms with Gasteiger partial charge in [0.2, 0.25) is 0 Å². The van der Waals surface area contributed by atoms with Crippen molar-refractivity contribution in [3.05, 3.63) is 57.0 Å². The zero-order chi connectivity index (χ0) is 14.0. The summed E-state index contributed by atoms with van der Waals surface area (Å²) >= 11 is 14.4. The molecule has 0 aliphatic carbocycles. The predicted octanol–water partition coefficient (Wildman–Crippen LogP) is 4.79. The molecule has 3 N–H and O–H groups in total. The summed E-state index contributed by atoms with van der Waals surface area (Å²) in [6.07, 6.45) is 0. The van der Waals surface area contributed by atoms with Crippen LogP contribution in [0.4, 0.5) is 11.4 Å². The number of thiocarbonyl (C=S) groups is 1. The maximum atomic E-state index is 5.95. The number of hydrogen-bond donors (Lipinski definition) is 2. The molecule has 0 aliphatic rings. The largest absolute Gasteiger partial charge is 0.389 e. The molecular weight excluding hydrogens is 344 g/mol. The van der Waals surface area contributed by atoms with Gasteiger partial charge in [0.25, 0.3) is 0 Å². The van der Waals surface area contributed by atoms with E-state index in [1.165, 1.54) is 0 Å². The average Bonchev–Trinajstić information content (AvgIpc) is 2.34. The molecule has 0 unspecified atom stereocenters. The van der Waals surface area contributed by atoms with Gasteiger partial charge in [-0.15, -0.1) is 0 Å². The molecule has 0 amide bonds. The van der Waals surface area contributed by atoms with Crippen LogP contribution in [0, 0.1) is 6.92 Å². The van der Waals surface area contributed by atoms with Crippen LogP contribution in [0.25, 0.3) is 0 Å². The molecule has 2 aromatic rings. The molecule has 0 fully saturated rings. The summed E-state index contributed by atoms with van der Waals surface area (Å²) < 4.78 is 0.939. The van der Waals surface area contributed by atoms with E-state index in [0.717, 1.165) is 27.0 Å². The van der Waals surface area contributed by atoms with Crippen molar-refractivity contribution in [3.8, 4) is 0 Å². The molecule has 0 radical (unpaired) electrons. The van der Waals surface area contributed by atoms with E-state index in [2.05, 4.69) is 21.2 Å². The number of halogens is 2. The quantitative estimate of drug-likeness (QED) is 0.778. The minimum atomic E-state index is 0.357. The number of nitrogens with two attached hydrogens (primary N) is 1. The maximum Gasteiger partial charge on any atom is 0.106 e. The van der Waals surface area contributed by atoms with Crippen LogP contribution in [0.15, 0.2) is 40.9 Å². The molecule has 0 bridgehead atoms. The Labute approximate surface area is 131 Å². The third-order valence-electron chi connectivity index (χ3n) is 2.70. The predicted molar refractivity (Wildman–Crippen MR) is 89.5 cm³/mol. The highest BCUT2D eigenvalue weighted by molar-refractivity contribution is 9.10. The van der Waals surface area contributed by atoms with Crippen LogP contribution in [0.2, 0.25) is 5.02 Å². The first-order chi connectivity index (χ1) is 8.97. The van der Waals surface area contributed by atoms with Crippen LogP contribution in [-0.4, -0.2) is 4.99 Å². The summed E-state index contributed by atoms with van der Waals surface area (Å²) in [6.45, 7) is 1.99. The van der Waals surface area contributed by atoms with Crippen LogP contribution in [0.3, 0.4) is 0 Å². The summed E-state index contributed by atoms with van der Waals surface area (Å²) in [7, 11) is 0. The number of rotatable bonds is 3. The molecule has 98 valence electrons. The van der Waals surface area contributed by atoms with Crippen LogP contribution in [0.5, 0.6) is 0 Å². The molecule has 5 heteroatoms. The minimum absolute atomic E-state index is 0.357. The highest BCUT2D eigenvalue weighted by atomic mass is 79.9. The third-order valence-corrected chi connectivity index (χ3v) is 3.65. The highest BCUT2D eigenvalue weighted by Gasteiger charge is 2.07. The van der Waals surface area contributed by atoms with Crippen molar-refractivity contribution < 1.29 is 0 Å². The number of anilines is 2. The van der Waals surface area contributed by atoms with Gasteiger partial charge in [0, 0.05) is 26.4 Å². The van der Waals surface area contributed by atoms with Crippen molar-refractivity contribution in [3.63, 3.8) is 0 Å². The van der Waals surface area contributed by atoms with Crippen molar-refractivity contribution in [2.75, 3.05) is 5.32 Å². The molecule has 2 rings (SSSR count). The lowest BCUT2D eigenvalue weighted by Crippen LogP contribution is -2.12. The van der Waals surface area contributed by atoms with E-state index in [-0.39, 0.29) is 0 Å². The molecule has 0 aliphatic heterocycles. The molecule has 0 spiro atoms. The molecular formula is C14H12BrClN2S. The second-order valence-electron chi connectivity index (χ2n) is 4.14. The SMILES string of the molecule is Cc1cc(Cl)ccc1Nc1ccc(Br)cc1C(N)=S. The van der Waals surface area contributed by atoms with Crippen LogP contribution >= 0.6 is 39.7 Å². The van der Waals surface area contributed by atoms with Crippen molar-refractivity contribution in [2.45, 2.75) is 6.92 Å². The standard InChI is InChI=1S/C14H12BrClN2S/c1-8-6-10(16)3-5-12(8)18-13-4-2-9(15)7-11(13)14(17)19/h2-7,18H,1H3,(H2,17,19). The number of benzene rings is 2. The van der Waals surface area contributed by atoms with Crippen molar-refractivity contribution >= 4 is 56.1 Å². The summed E-state index contributed by atoms with van der Waals surface area (Å²) in [4.78, 5) is 0.357. The Balaban J connectivity index is 2.40. The van der Waals surface area contributed by atoms with Gasteiger partial charge < -0.3 is 11.1 Å². The van der Waals surface area contributed by atoms with E-state index in [1.807, 2.05) is 43.3 Å². The van der Waals surface area contributed by atoms with Crippen molar-refractivity contribution in [2.24, 2.45) is 5.73 Å². The van der Waals surface area contributed by atoms with Gasteiger partial charge in [-0.05, 0) is 48.9 Å². The Morgan fingerprint density at radius 3 is 2.53 bits per heavy atom. The fourth-order valence-electron chi connectivity index (χ4n) is 1.74. The number of hydrogen-bond acceptors (Lipinski definition) is 2. The van der Waals surface area contributed by atoms with Gasteiger partial charge in [-0.3, -0.25) is 0 Å². The topological polar surface area (TPSA) is 38.0 Å². The lowest BCUT2D eigenvalue weighted by atomic mass is 10.1. The first kappa shape index (κ1) is 14.3. The Bertz CT molecular complexity index is 643. The lowest BCUT2D eigenvalue weighted by Gasteiger charge is -2.14. The Morgan fingerprint density at radius 1 is 1.21 bits per heavy atom. The molecule has 19 heavy (non-hydrogen) atoms. The summed E-state index contributed by atoms with van der Waals surface area (Å²) in [6, 6.07) is 11.5. The molecule has 0 saturated heterocycles. The fourth-order valence-corrected chi connectivity index (χ4v) is 2.50. The fraction of sp³-hybridized carbons (Fsp3) is 0.0714. The number of aryl methyl sites for hydroxylation is 1. The minimum Gasteiger partial charge on any atom is -0.389 e. The van der Waals surface area contributed by atoms with Crippen LogP contribution in [-0.2, 0) is 0 Å². The zero-order valence-corrected chi connectivity index (χ0v) is 13.4. The van der Waals surface area contributed by atoms with Gasteiger partial charge in [0.05, 0.1) is 0 Å². The van der Waals surface area contributed by atoms with Crippen LogP contribution in [0.1, 0.15) is 11.1 Å². The van der Waals surface area contributed by atoms with Gasteiger partial charge in [-0.25, -0.2) is 0 Å². The van der Waals surface area contributed by atoms with Crippen molar-refractivity contribution in [1.29, 1.82) is 0 Å². The van der Waals surface area contributed by atoms with E-state index in [9.17, 15) is 0 Å². The Morgan fingerprint density at radius 2 is 1.89 bits per heavy atom. The molecule has 0 aromatic heterocycles. The highest BCUT2D eigenvalue weighted by Crippen LogP contribution is 2.27. The maximum absolute atomic E-state index is 5.95. The smallest absolute Gasteiger partial charge is 0.106 e. The summed E-state index contributed by atoms with van der Waals surface area (Å²) in [5, 5.41) is 4.05.